The van der Waals surface area contributed by atoms with E-state index in [9.17, 15) is 4.39 Å². The molecule has 0 heterocycles. The van der Waals surface area contributed by atoms with Crippen LogP contribution in [0.3, 0.4) is 0 Å². The molecule has 0 aliphatic heterocycles. The Kier molecular flexibility index (Phi) is 3.55. The zero-order chi connectivity index (χ0) is 11.3. The van der Waals surface area contributed by atoms with Gasteiger partial charge in [-0.15, -0.1) is 0 Å². The number of nitrogen functional groups attached to an aromatic ring is 1. The van der Waals surface area contributed by atoms with Gasteiger partial charge in [0.25, 0.3) is 0 Å². The van der Waals surface area contributed by atoms with Gasteiger partial charge in [0.05, 0.1) is 6.54 Å². The van der Waals surface area contributed by atoms with Crippen LogP contribution < -0.4 is 5.73 Å². The first-order chi connectivity index (χ1) is 7.15. The molecule has 15 heavy (non-hydrogen) atoms. The van der Waals surface area contributed by atoms with Crippen molar-refractivity contribution in [3.8, 4) is 11.8 Å². The Morgan fingerprint density at radius 1 is 1.60 bits per heavy atom. The van der Waals surface area contributed by atoms with E-state index in [0.29, 0.717) is 11.3 Å². The van der Waals surface area contributed by atoms with Gasteiger partial charge in [0, 0.05) is 16.2 Å². The lowest BCUT2D eigenvalue weighted by Gasteiger charge is -2.02. The monoisotopic (exact) mass is 204 g/mol. The van der Waals surface area contributed by atoms with Crippen LogP contribution in [0.4, 0.5) is 10.1 Å². The number of benzene rings is 1. The van der Waals surface area contributed by atoms with E-state index < -0.39 is 5.82 Å². The molecule has 0 unspecified atom stereocenters. The fourth-order valence-corrected chi connectivity index (χ4v) is 1.03. The highest BCUT2D eigenvalue weighted by atomic mass is 19.1. The lowest BCUT2D eigenvalue weighted by atomic mass is 10.1. The maximum atomic E-state index is 13.0. The Morgan fingerprint density at radius 2 is 2.33 bits per heavy atom. The number of rotatable bonds is 1. The molecule has 0 atom stereocenters. The maximum absolute atomic E-state index is 13.0. The number of hydrogen-bond acceptors (Lipinski definition) is 2. The van der Waals surface area contributed by atoms with Crippen molar-refractivity contribution in [2.45, 2.75) is 6.92 Å². The van der Waals surface area contributed by atoms with Gasteiger partial charge in [-0.3, -0.25) is 0 Å². The van der Waals surface area contributed by atoms with Crippen molar-refractivity contribution in [3.05, 3.63) is 39.5 Å². The van der Waals surface area contributed by atoms with E-state index in [1.807, 2.05) is 0 Å². The molecule has 0 saturated heterocycles. The number of halogens is 1. The summed E-state index contributed by atoms with van der Waals surface area (Å²) in [5.74, 6) is 4.87. The summed E-state index contributed by atoms with van der Waals surface area (Å²) in [5, 5.41) is 3.24. The molecule has 0 amide bonds. The van der Waals surface area contributed by atoms with E-state index in [2.05, 4.69) is 21.9 Å². The SMILES string of the molecule is Cc1c(N)cc(F)cc1C#CCN=[N+]=[N-]. The summed E-state index contributed by atoms with van der Waals surface area (Å²) in [6.45, 7) is 1.82. The van der Waals surface area contributed by atoms with Crippen LogP contribution in [0.15, 0.2) is 17.2 Å². The summed E-state index contributed by atoms with van der Waals surface area (Å²) in [7, 11) is 0. The number of anilines is 1. The molecule has 1 rings (SSSR count). The van der Waals surface area contributed by atoms with Gasteiger partial charge in [0.2, 0.25) is 0 Å². The third kappa shape index (κ3) is 2.90. The lowest BCUT2D eigenvalue weighted by molar-refractivity contribution is 0.627. The van der Waals surface area contributed by atoms with E-state index in [1.165, 1.54) is 12.1 Å². The Bertz CT molecular complexity index is 478. The quantitative estimate of drug-likeness (QED) is 0.246. The Morgan fingerprint density at radius 3 is 3.00 bits per heavy atom. The summed E-state index contributed by atoms with van der Waals surface area (Å²) in [5.41, 5.74) is 15.2. The zero-order valence-electron chi connectivity index (χ0n) is 8.16. The van der Waals surface area contributed by atoms with Crippen molar-refractivity contribution in [2.75, 3.05) is 12.3 Å². The second kappa shape index (κ2) is 4.89. The van der Waals surface area contributed by atoms with Crippen LogP contribution in [-0.2, 0) is 0 Å². The van der Waals surface area contributed by atoms with E-state index >= 15 is 0 Å². The first kappa shape index (κ1) is 10.9. The topological polar surface area (TPSA) is 74.8 Å². The molecular weight excluding hydrogens is 195 g/mol. The van der Waals surface area contributed by atoms with Gasteiger partial charge in [-0.1, -0.05) is 17.0 Å². The second-order valence-corrected chi connectivity index (χ2v) is 2.86. The van der Waals surface area contributed by atoms with E-state index in [4.69, 9.17) is 11.3 Å². The minimum Gasteiger partial charge on any atom is -0.398 e. The minimum absolute atomic E-state index is 0.0619. The van der Waals surface area contributed by atoms with Crippen LogP contribution in [0.1, 0.15) is 11.1 Å². The van der Waals surface area contributed by atoms with Crippen molar-refractivity contribution in [1.29, 1.82) is 0 Å². The van der Waals surface area contributed by atoms with Gasteiger partial charge in [0.1, 0.15) is 5.82 Å². The van der Waals surface area contributed by atoms with Crippen molar-refractivity contribution >= 4 is 5.69 Å². The average molecular weight is 204 g/mol. The molecule has 0 bridgehead atoms. The van der Waals surface area contributed by atoms with Gasteiger partial charge in [-0.25, -0.2) is 4.39 Å². The number of nitrogens with two attached hydrogens (primary N) is 1. The largest absolute Gasteiger partial charge is 0.398 e. The smallest absolute Gasteiger partial charge is 0.126 e. The van der Waals surface area contributed by atoms with Gasteiger partial charge >= 0.3 is 0 Å². The maximum Gasteiger partial charge on any atom is 0.126 e. The molecule has 0 saturated carbocycles. The Labute approximate surface area is 86.5 Å². The number of azide groups is 1. The second-order valence-electron chi connectivity index (χ2n) is 2.86. The molecule has 0 radical (unpaired) electrons. The molecule has 0 aliphatic carbocycles. The molecular formula is C10H9FN4. The molecule has 1 aromatic rings. The van der Waals surface area contributed by atoms with Crippen LogP contribution in [0.5, 0.6) is 0 Å². The molecule has 76 valence electrons. The number of hydrogen-bond donors (Lipinski definition) is 1. The van der Waals surface area contributed by atoms with Crippen molar-refractivity contribution in [1.82, 2.24) is 0 Å². The van der Waals surface area contributed by atoms with Gasteiger partial charge in [0.15, 0.2) is 0 Å². The Hall–Kier alpha value is -2.18. The predicted molar refractivity (Wildman–Crippen MR) is 56.4 cm³/mol. The number of nitrogens with zero attached hydrogens (tertiary/aromatic N) is 3. The molecule has 1 aromatic carbocycles. The van der Waals surface area contributed by atoms with E-state index in [1.54, 1.807) is 6.92 Å². The molecule has 4 nitrogen and oxygen atoms in total. The van der Waals surface area contributed by atoms with Crippen LogP contribution in [0.2, 0.25) is 0 Å². The molecule has 0 aliphatic rings. The molecule has 0 aromatic heterocycles. The summed E-state index contributed by atoms with van der Waals surface area (Å²) in [6, 6.07) is 2.54. The molecule has 5 heteroatoms. The van der Waals surface area contributed by atoms with E-state index in [-0.39, 0.29) is 6.54 Å². The highest BCUT2D eigenvalue weighted by Gasteiger charge is 2.01. The first-order valence-corrected chi connectivity index (χ1v) is 4.20. The van der Waals surface area contributed by atoms with Gasteiger partial charge in [-0.05, 0) is 30.2 Å². The van der Waals surface area contributed by atoms with Crippen LogP contribution in [0.25, 0.3) is 10.4 Å². The van der Waals surface area contributed by atoms with E-state index in [0.717, 1.165) is 5.56 Å². The van der Waals surface area contributed by atoms with Gasteiger partial charge < -0.3 is 5.73 Å². The standard InChI is InChI=1S/C10H9FN4/c1-7-8(3-2-4-14-15-13)5-9(11)6-10(7)12/h5-6H,4,12H2,1H3. The average Bonchev–Trinajstić information content (AvgIpc) is 2.19. The summed E-state index contributed by atoms with van der Waals surface area (Å²) < 4.78 is 13.0. The fourth-order valence-electron chi connectivity index (χ4n) is 1.03. The van der Waals surface area contributed by atoms with Gasteiger partial charge in [-0.2, -0.15) is 0 Å². The summed E-state index contributed by atoms with van der Waals surface area (Å²) in [4.78, 5) is 2.55. The lowest BCUT2D eigenvalue weighted by Crippen LogP contribution is -1.94. The van der Waals surface area contributed by atoms with Crippen LogP contribution >= 0.6 is 0 Å². The third-order valence-electron chi connectivity index (χ3n) is 1.85. The summed E-state index contributed by atoms with van der Waals surface area (Å²) >= 11 is 0. The normalized spacial score (nSPS) is 8.67. The van der Waals surface area contributed by atoms with Crippen molar-refractivity contribution < 1.29 is 4.39 Å². The molecule has 0 fully saturated rings. The molecule has 0 spiro atoms. The third-order valence-corrected chi connectivity index (χ3v) is 1.85. The predicted octanol–water partition coefficient (Wildman–Crippen LogP) is 2.38. The highest BCUT2D eigenvalue weighted by Crippen LogP contribution is 2.16. The van der Waals surface area contributed by atoms with Crippen molar-refractivity contribution in [2.24, 2.45) is 5.11 Å². The Balaban J connectivity index is 3.02. The van der Waals surface area contributed by atoms with Crippen LogP contribution in [-0.4, -0.2) is 6.54 Å². The fraction of sp³-hybridized carbons (Fsp3) is 0.200. The zero-order valence-corrected chi connectivity index (χ0v) is 8.16. The summed E-state index contributed by atoms with van der Waals surface area (Å²) in [6.07, 6.45) is 0. The minimum atomic E-state index is -0.425. The molecule has 2 N–H and O–H groups in total. The van der Waals surface area contributed by atoms with Crippen LogP contribution in [0, 0.1) is 24.6 Å². The van der Waals surface area contributed by atoms with Crippen molar-refractivity contribution in [3.63, 3.8) is 0 Å². The highest BCUT2D eigenvalue weighted by molar-refractivity contribution is 5.55. The first-order valence-electron chi connectivity index (χ1n) is 4.20.